The van der Waals surface area contributed by atoms with E-state index in [0.29, 0.717) is 11.6 Å². The van der Waals surface area contributed by atoms with Crippen LogP contribution in [0.3, 0.4) is 0 Å². The van der Waals surface area contributed by atoms with Crippen LogP contribution >= 0.6 is 11.6 Å². The summed E-state index contributed by atoms with van der Waals surface area (Å²) in [6.45, 7) is 3.91. The molecular weight excluding hydrogens is 334 g/mol. The van der Waals surface area contributed by atoms with Crippen molar-refractivity contribution in [2.45, 2.75) is 12.8 Å². The SMILES string of the molecule is O=C1c2c3cc(Cl)ccc3nc3cccc(c23)N1CCN1CCCC1. The summed E-state index contributed by atoms with van der Waals surface area (Å²) in [5.41, 5.74) is 3.42. The molecule has 2 aromatic carbocycles. The van der Waals surface area contributed by atoms with Crippen LogP contribution in [0.15, 0.2) is 36.4 Å². The standard InChI is InChI=1S/C20H18ClN3O/c21-13-6-7-15-14(12-13)18-19-16(22-15)4-3-5-17(19)24(20(18)25)11-10-23-8-1-2-9-23/h3-7,12H,1-2,8-11H2. The Morgan fingerprint density at radius 3 is 2.72 bits per heavy atom. The topological polar surface area (TPSA) is 36.4 Å². The number of carbonyl (C=O) groups is 1. The maximum absolute atomic E-state index is 13.2. The Kier molecular flexibility index (Phi) is 3.43. The number of fused-ring (bicyclic) bond motifs is 2. The van der Waals surface area contributed by atoms with Gasteiger partial charge >= 0.3 is 0 Å². The molecule has 5 rings (SSSR count). The second-order valence-electron chi connectivity index (χ2n) is 6.83. The molecule has 1 amide bonds. The number of benzene rings is 2. The highest BCUT2D eigenvalue weighted by Gasteiger charge is 2.32. The van der Waals surface area contributed by atoms with Gasteiger partial charge in [-0.05, 0) is 56.3 Å². The second kappa shape index (κ2) is 5.68. The highest BCUT2D eigenvalue weighted by atomic mass is 35.5. The first-order valence-electron chi connectivity index (χ1n) is 8.78. The van der Waals surface area contributed by atoms with Gasteiger partial charge in [0.2, 0.25) is 0 Å². The number of nitrogens with zero attached hydrogens (tertiary/aromatic N) is 3. The lowest BCUT2D eigenvalue weighted by molar-refractivity contribution is 0.0992. The van der Waals surface area contributed by atoms with Gasteiger partial charge in [-0.15, -0.1) is 0 Å². The Morgan fingerprint density at radius 2 is 1.88 bits per heavy atom. The van der Waals surface area contributed by atoms with Crippen molar-refractivity contribution in [3.8, 4) is 0 Å². The minimum Gasteiger partial charge on any atom is -0.306 e. The number of likely N-dealkylation sites (tertiary alicyclic amines) is 1. The molecule has 5 heteroatoms. The Morgan fingerprint density at radius 1 is 1.04 bits per heavy atom. The highest BCUT2D eigenvalue weighted by Crippen LogP contribution is 2.40. The summed E-state index contributed by atoms with van der Waals surface area (Å²) in [6.07, 6.45) is 2.52. The van der Waals surface area contributed by atoms with Crippen LogP contribution in [-0.2, 0) is 0 Å². The van der Waals surface area contributed by atoms with Crippen molar-refractivity contribution in [2.24, 2.45) is 0 Å². The van der Waals surface area contributed by atoms with Crippen molar-refractivity contribution >= 4 is 45.0 Å². The molecule has 0 N–H and O–H groups in total. The number of halogens is 1. The lowest BCUT2D eigenvalue weighted by atomic mass is 10.0. The third kappa shape index (κ3) is 2.32. The molecule has 25 heavy (non-hydrogen) atoms. The first-order chi connectivity index (χ1) is 12.2. The van der Waals surface area contributed by atoms with Crippen LogP contribution in [0.1, 0.15) is 23.2 Å². The molecule has 0 spiro atoms. The van der Waals surface area contributed by atoms with Gasteiger partial charge in [0.1, 0.15) is 0 Å². The van der Waals surface area contributed by atoms with Crippen LogP contribution < -0.4 is 4.90 Å². The van der Waals surface area contributed by atoms with E-state index in [0.717, 1.165) is 52.7 Å². The molecule has 2 aliphatic heterocycles. The van der Waals surface area contributed by atoms with Crippen molar-refractivity contribution in [3.05, 3.63) is 47.0 Å². The molecule has 4 nitrogen and oxygen atoms in total. The Labute approximate surface area is 151 Å². The largest absolute Gasteiger partial charge is 0.306 e. The van der Waals surface area contributed by atoms with Gasteiger partial charge in [-0.3, -0.25) is 4.79 Å². The van der Waals surface area contributed by atoms with E-state index in [1.807, 2.05) is 41.3 Å². The molecule has 1 aromatic heterocycles. The van der Waals surface area contributed by atoms with E-state index in [4.69, 9.17) is 16.6 Å². The Balaban J connectivity index is 1.64. The molecule has 126 valence electrons. The molecule has 0 saturated carbocycles. The van der Waals surface area contributed by atoms with Gasteiger partial charge in [0.25, 0.3) is 5.91 Å². The zero-order chi connectivity index (χ0) is 17.0. The smallest absolute Gasteiger partial charge is 0.259 e. The summed E-state index contributed by atoms with van der Waals surface area (Å²) < 4.78 is 0. The van der Waals surface area contributed by atoms with Gasteiger partial charge in [-0.1, -0.05) is 17.7 Å². The predicted molar refractivity (Wildman–Crippen MR) is 102 cm³/mol. The molecule has 1 fully saturated rings. The number of pyridine rings is 1. The normalized spacial score (nSPS) is 17.3. The highest BCUT2D eigenvalue weighted by molar-refractivity contribution is 6.33. The Hall–Kier alpha value is -2.17. The molecule has 3 heterocycles. The third-order valence-electron chi connectivity index (χ3n) is 5.33. The number of carbonyl (C=O) groups excluding carboxylic acids is 1. The van der Waals surface area contributed by atoms with Crippen LogP contribution in [0.4, 0.5) is 5.69 Å². The van der Waals surface area contributed by atoms with Crippen molar-refractivity contribution in [1.29, 1.82) is 0 Å². The van der Waals surface area contributed by atoms with Crippen LogP contribution in [-0.4, -0.2) is 42.0 Å². The number of aromatic nitrogens is 1. The van der Waals surface area contributed by atoms with Crippen molar-refractivity contribution in [3.63, 3.8) is 0 Å². The quantitative estimate of drug-likeness (QED) is 0.667. The second-order valence-corrected chi connectivity index (χ2v) is 7.26. The fraction of sp³-hybridized carbons (Fsp3) is 0.300. The zero-order valence-corrected chi connectivity index (χ0v) is 14.6. The molecule has 2 aliphatic rings. The minimum absolute atomic E-state index is 0.0695. The summed E-state index contributed by atoms with van der Waals surface area (Å²) in [4.78, 5) is 22.3. The van der Waals surface area contributed by atoms with E-state index >= 15 is 0 Å². The molecule has 0 atom stereocenters. The van der Waals surface area contributed by atoms with Crippen LogP contribution in [0.5, 0.6) is 0 Å². The molecule has 0 unspecified atom stereocenters. The fourth-order valence-corrected chi connectivity index (χ4v) is 4.28. The summed E-state index contributed by atoms with van der Waals surface area (Å²) in [6, 6.07) is 11.6. The lowest BCUT2D eigenvalue weighted by Gasteiger charge is -2.22. The van der Waals surface area contributed by atoms with Gasteiger partial charge in [0, 0.05) is 28.9 Å². The molecule has 0 radical (unpaired) electrons. The van der Waals surface area contributed by atoms with Gasteiger partial charge in [-0.25, -0.2) is 4.98 Å². The molecule has 0 bridgehead atoms. The van der Waals surface area contributed by atoms with Gasteiger partial charge < -0.3 is 9.80 Å². The fourth-order valence-electron chi connectivity index (χ4n) is 4.11. The summed E-state index contributed by atoms with van der Waals surface area (Å²) in [5.74, 6) is 0.0695. The average molecular weight is 352 g/mol. The van der Waals surface area contributed by atoms with E-state index in [-0.39, 0.29) is 5.91 Å². The Bertz CT molecular complexity index is 1010. The number of rotatable bonds is 3. The van der Waals surface area contributed by atoms with Gasteiger partial charge in [0.15, 0.2) is 0 Å². The van der Waals surface area contributed by atoms with E-state index in [1.54, 1.807) is 0 Å². The molecule has 3 aromatic rings. The summed E-state index contributed by atoms with van der Waals surface area (Å²) in [5, 5.41) is 2.44. The van der Waals surface area contributed by atoms with E-state index in [9.17, 15) is 4.79 Å². The maximum atomic E-state index is 13.2. The average Bonchev–Trinajstić information content (AvgIpc) is 3.22. The van der Waals surface area contributed by atoms with Crippen LogP contribution in [0, 0.1) is 0 Å². The van der Waals surface area contributed by atoms with Gasteiger partial charge in [0.05, 0.1) is 22.3 Å². The van der Waals surface area contributed by atoms with Crippen LogP contribution in [0.2, 0.25) is 5.02 Å². The molecular formula is C20H18ClN3O. The zero-order valence-electron chi connectivity index (χ0n) is 13.8. The van der Waals surface area contributed by atoms with Crippen molar-refractivity contribution in [1.82, 2.24) is 9.88 Å². The third-order valence-corrected chi connectivity index (χ3v) is 5.56. The lowest BCUT2D eigenvalue weighted by Crippen LogP contribution is -2.35. The minimum atomic E-state index is 0.0695. The number of anilines is 1. The maximum Gasteiger partial charge on any atom is 0.259 e. The van der Waals surface area contributed by atoms with Crippen molar-refractivity contribution < 1.29 is 4.79 Å². The van der Waals surface area contributed by atoms with E-state index in [2.05, 4.69) is 4.90 Å². The van der Waals surface area contributed by atoms with E-state index in [1.165, 1.54) is 12.8 Å². The summed E-state index contributed by atoms with van der Waals surface area (Å²) in [7, 11) is 0. The first kappa shape index (κ1) is 15.1. The van der Waals surface area contributed by atoms with Gasteiger partial charge in [-0.2, -0.15) is 0 Å². The molecule has 1 saturated heterocycles. The number of hydrogen-bond acceptors (Lipinski definition) is 3. The first-order valence-corrected chi connectivity index (χ1v) is 9.16. The predicted octanol–water partition coefficient (Wildman–Crippen LogP) is 4.10. The number of amides is 1. The van der Waals surface area contributed by atoms with Crippen molar-refractivity contribution in [2.75, 3.05) is 31.1 Å². The van der Waals surface area contributed by atoms with E-state index < -0.39 is 0 Å². The number of hydrogen-bond donors (Lipinski definition) is 0. The van der Waals surface area contributed by atoms with Crippen LogP contribution in [0.25, 0.3) is 21.8 Å². The molecule has 0 aliphatic carbocycles. The summed E-state index contributed by atoms with van der Waals surface area (Å²) >= 11 is 6.19. The monoisotopic (exact) mass is 351 g/mol.